The molecule has 1 aromatic carbocycles. The third-order valence-electron chi connectivity index (χ3n) is 2.95. The van der Waals surface area contributed by atoms with Crippen LogP contribution in [0.25, 0.3) is 11.0 Å². The quantitative estimate of drug-likeness (QED) is 0.705. The molecular weight excluding hydrogens is 260 g/mol. The predicted molar refractivity (Wildman–Crippen MR) is 77.5 cm³/mol. The van der Waals surface area contributed by atoms with E-state index in [2.05, 4.69) is 10.3 Å². The molecule has 0 bridgehead atoms. The van der Waals surface area contributed by atoms with Crippen molar-refractivity contribution in [3.05, 3.63) is 59.4 Å². The van der Waals surface area contributed by atoms with Crippen molar-refractivity contribution in [1.82, 2.24) is 4.98 Å². The fraction of sp³-hybridized carbons (Fsp3) is 0.133. The Hall–Kier alpha value is -2.00. The van der Waals surface area contributed by atoms with Gasteiger partial charge in [0.25, 0.3) is 0 Å². The van der Waals surface area contributed by atoms with E-state index < -0.39 is 0 Å². The Kier molecular flexibility index (Phi) is 3.13. The van der Waals surface area contributed by atoms with Crippen molar-refractivity contribution in [2.75, 3.05) is 5.32 Å². The van der Waals surface area contributed by atoms with E-state index in [4.69, 9.17) is 16.0 Å². The highest BCUT2D eigenvalue weighted by molar-refractivity contribution is 6.29. The van der Waals surface area contributed by atoms with E-state index in [1.165, 1.54) is 0 Å². The van der Waals surface area contributed by atoms with Gasteiger partial charge in [0.05, 0.1) is 6.04 Å². The number of hydrogen-bond acceptors (Lipinski definition) is 3. The van der Waals surface area contributed by atoms with Crippen molar-refractivity contribution >= 4 is 28.4 Å². The number of nitrogens with one attached hydrogen (secondary N) is 1. The fourth-order valence-corrected chi connectivity index (χ4v) is 2.16. The van der Waals surface area contributed by atoms with Gasteiger partial charge >= 0.3 is 0 Å². The van der Waals surface area contributed by atoms with Crippen LogP contribution >= 0.6 is 11.6 Å². The van der Waals surface area contributed by atoms with Crippen LogP contribution in [0.5, 0.6) is 0 Å². The molecule has 1 N–H and O–H groups in total. The van der Waals surface area contributed by atoms with E-state index in [-0.39, 0.29) is 6.04 Å². The number of anilines is 1. The topological polar surface area (TPSA) is 38.1 Å². The minimum Gasteiger partial charge on any atom is -0.459 e. The zero-order chi connectivity index (χ0) is 13.2. The Morgan fingerprint density at radius 3 is 2.79 bits per heavy atom. The molecule has 96 valence electrons. The lowest BCUT2D eigenvalue weighted by molar-refractivity contribution is 0.525. The maximum Gasteiger partial charge on any atom is 0.134 e. The second kappa shape index (κ2) is 4.94. The molecule has 0 saturated carbocycles. The standard InChI is InChI=1S/C15H13ClN2O/c1-10(17-15-8-4-7-14(16)18-15)13-9-11-5-2-3-6-12(11)19-13/h2-10H,1H3,(H,17,18). The number of nitrogens with zero attached hydrogens (tertiary/aromatic N) is 1. The van der Waals surface area contributed by atoms with Crippen LogP contribution in [0.2, 0.25) is 5.15 Å². The van der Waals surface area contributed by atoms with Crippen LogP contribution in [-0.2, 0) is 0 Å². The number of benzene rings is 1. The van der Waals surface area contributed by atoms with E-state index in [0.717, 1.165) is 22.5 Å². The Balaban J connectivity index is 1.85. The van der Waals surface area contributed by atoms with Gasteiger partial charge < -0.3 is 9.73 Å². The first-order valence-electron chi connectivity index (χ1n) is 6.10. The van der Waals surface area contributed by atoms with Gasteiger partial charge in [0.15, 0.2) is 0 Å². The van der Waals surface area contributed by atoms with Gasteiger partial charge in [-0.1, -0.05) is 35.9 Å². The molecule has 1 atom stereocenters. The fourth-order valence-electron chi connectivity index (χ4n) is 2.00. The summed E-state index contributed by atoms with van der Waals surface area (Å²) in [6, 6.07) is 15.5. The summed E-state index contributed by atoms with van der Waals surface area (Å²) in [5, 5.41) is 4.85. The third-order valence-corrected chi connectivity index (χ3v) is 3.16. The van der Waals surface area contributed by atoms with E-state index in [0.29, 0.717) is 5.15 Å². The number of halogens is 1. The number of hydrogen-bond donors (Lipinski definition) is 1. The second-order valence-electron chi connectivity index (χ2n) is 4.40. The van der Waals surface area contributed by atoms with E-state index in [1.54, 1.807) is 6.07 Å². The van der Waals surface area contributed by atoms with Crippen LogP contribution in [0.15, 0.2) is 52.9 Å². The van der Waals surface area contributed by atoms with Gasteiger partial charge in [-0.15, -0.1) is 0 Å². The van der Waals surface area contributed by atoms with Crippen LogP contribution in [0.4, 0.5) is 5.82 Å². The molecule has 1 unspecified atom stereocenters. The largest absolute Gasteiger partial charge is 0.459 e. The zero-order valence-electron chi connectivity index (χ0n) is 10.4. The van der Waals surface area contributed by atoms with Crippen molar-refractivity contribution in [3.8, 4) is 0 Å². The normalized spacial score (nSPS) is 12.5. The van der Waals surface area contributed by atoms with Gasteiger partial charge in [-0.25, -0.2) is 4.98 Å². The minimum absolute atomic E-state index is 0.0263. The zero-order valence-corrected chi connectivity index (χ0v) is 11.2. The molecule has 2 aromatic heterocycles. The first-order valence-corrected chi connectivity index (χ1v) is 6.48. The van der Waals surface area contributed by atoms with Crippen molar-refractivity contribution < 1.29 is 4.42 Å². The number of pyridine rings is 1. The number of para-hydroxylation sites is 1. The summed E-state index contributed by atoms with van der Waals surface area (Å²) in [7, 11) is 0. The molecular formula is C15H13ClN2O. The number of rotatable bonds is 3. The van der Waals surface area contributed by atoms with Gasteiger partial charge in [0.2, 0.25) is 0 Å². The second-order valence-corrected chi connectivity index (χ2v) is 4.79. The van der Waals surface area contributed by atoms with Crippen LogP contribution in [0.1, 0.15) is 18.7 Å². The summed E-state index contributed by atoms with van der Waals surface area (Å²) in [5.74, 6) is 1.61. The van der Waals surface area contributed by atoms with Crippen molar-refractivity contribution in [2.45, 2.75) is 13.0 Å². The molecule has 0 aliphatic carbocycles. The molecule has 3 rings (SSSR count). The van der Waals surface area contributed by atoms with Gasteiger partial charge in [0.1, 0.15) is 22.3 Å². The molecule has 0 aliphatic rings. The number of furan rings is 1. The molecule has 3 nitrogen and oxygen atoms in total. The first kappa shape index (κ1) is 12.1. The van der Waals surface area contributed by atoms with Crippen LogP contribution < -0.4 is 5.32 Å². The predicted octanol–water partition coefficient (Wildman–Crippen LogP) is 4.65. The Morgan fingerprint density at radius 1 is 1.16 bits per heavy atom. The number of aromatic nitrogens is 1. The SMILES string of the molecule is CC(Nc1cccc(Cl)n1)c1cc2ccccc2o1. The lowest BCUT2D eigenvalue weighted by atomic mass is 10.2. The Labute approximate surface area is 116 Å². The summed E-state index contributed by atoms with van der Waals surface area (Å²) in [6.45, 7) is 2.03. The highest BCUT2D eigenvalue weighted by Gasteiger charge is 2.11. The maximum absolute atomic E-state index is 5.86. The molecule has 3 aromatic rings. The Bertz CT molecular complexity index is 675. The molecule has 2 heterocycles. The summed E-state index contributed by atoms with van der Waals surface area (Å²) in [5.41, 5.74) is 0.894. The van der Waals surface area contributed by atoms with Gasteiger partial charge in [0, 0.05) is 5.39 Å². The minimum atomic E-state index is 0.0263. The lowest BCUT2D eigenvalue weighted by Crippen LogP contribution is -2.06. The van der Waals surface area contributed by atoms with E-state index in [1.807, 2.05) is 49.4 Å². The highest BCUT2D eigenvalue weighted by atomic mass is 35.5. The Morgan fingerprint density at radius 2 is 2.00 bits per heavy atom. The van der Waals surface area contributed by atoms with Gasteiger partial charge in [-0.2, -0.15) is 0 Å². The van der Waals surface area contributed by atoms with E-state index in [9.17, 15) is 0 Å². The van der Waals surface area contributed by atoms with Gasteiger partial charge in [-0.3, -0.25) is 0 Å². The molecule has 0 amide bonds. The van der Waals surface area contributed by atoms with Crippen molar-refractivity contribution in [1.29, 1.82) is 0 Å². The third kappa shape index (κ3) is 2.56. The maximum atomic E-state index is 5.86. The molecule has 19 heavy (non-hydrogen) atoms. The van der Waals surface area contributed by atoms with Crippen molar-refractivity contribution in [3.63, 3.8) is 0 Å². The molecule has 4 heteroatoms. The summed E-state index contributed by atoms with van der Waals surface area (Å²) < 4.78 is 5.81. The van der Waals surface area contributed by atoms with E-state index >= 15 is 0 Å². The monoisotopic (exact) mass is 272 g/mol. The lowest BCUT2D eigenvalue weighted by Gasteiger charge is -2.11. The van der Waals surface area contributed by atoms with Crippen molar-refractivity contribution in [2.24, 2.45) is 0 Å². The summed E-state index contributed by atoms with van der Waals surface area (Å²) in [6.07, 6.45) is 0. The smallest absolute Gasteiger partial charge is 0.134 e. The molecule has 0 saturated heterocycles. The average Bonchev–Trinajstić information content (AvgIpc) is 2.82. The first-order chi connectivity index (χ1) is 9.22. The summed E-state index contributed by atoms with van der Waals surface area (Å²) >= 11 is 5.86. The summed E-state index contributed by atoms with van der Waals surface area (Å²) in [4.78, 5) is 4.21. The number of fused-ring (bicyclic) bond motifs is 1. The molecule has 0 radical (unpaired) electrons. The molecule has 0 spiro atoms. The van der Waals surface area contributed by atoms with Crippen LogP contribution in [0.3, 0.4) is 0 Å². The van der Waals surface area contributed by atoms with Crippen LogP contribution in [-0.4, -0.2) is 4.98 Å². The molecule has 0 fully saturated rings. The highest BCUT2D eigenvalue weighted by Crippen LogP contribution is 2.25. The molecule has 0 aliphatic heterocycles. The van der Waals surface area contributed by atoms with Crippen LogP contribution in [0, 0.1) is 0 Å². The van der Waals surface area contributed by atoms with Gasteiger partial charge in [-0.05, 0) is 31.2 Å². The average molecular weight is 273 g/mol.